The number of nitrogens with zero attached hydrogens (tertiary/aromatic N) is 1. The quantitative estimate of drug-likeness (QED) is 0.693. The van der Waals surface area contributed by atoms with Gasteiger partial charge in [-0.15, -0.1) is 13.2 Å². The highest BCUT2D eigenvalue weighted by molar-refractivity contribution is 6.00. The Hall–Kier alpha value is -2.29. The van der Waals surface area contributed by atoms with Gasteiger partial charge < -0.3 is 14.2 Å². The molecule has 2 aliphatic heterocycles. The van der Waals surface area contributed by atoms with Crippen LogP contribution in [-0.4, -0.2) is 54.0 Å². The number of amides is 1. The molecule has 29 heavy (non-hydrogen) atoms. The fraction of sp³-hybridized carbons (Fsp3) is 0.600. The molecule has 2 heterocycles. The van der Waals surface area contributed by atoms with E-state index in [-0.39, 0.29) is 43.7 Å². The van der Waals surface area contributed by atoms with Crippen LogP contribution in [0.2, 0.25) is 0 Å². The molecule has 6 nitrogen and oxygen atoms in total. The van der Waals surface area contributed by atoms with E-state index in [4.69, 9.17) is 9.47 Å². The second-order valence-electron chi connectivity index (χ2n) is 8.31. The number of piperidine rings is 1. The minimum Gasteiger partial charge on any atom is -0.444 e. The SMILES string of the molecule is CC(C)(C)OC(=O)N1C2COCC1CC(C(=O)c1ccccc1OC(F)(F)F)C2. The molecule has 0 saturated carbocycles. The second kappa shape index (κ2) is 7.85. The van der Waals surface area contributed by atoms with Crippen molar-refractivity contribution >= 4 is 11.9 Å². The number of Topliss-reactive ketones (excluding diaryl/α,β-unsaturated/α-hetero) is 1. The molecule has 0 N–H and O–H groups in total. The van der Waals surface area contributed by atoms with Crippen molar-refractivity contribution < 1.29 is 37.0 Å². The fourth-order valence-electron chi connectivity index (χ4n) is 3.85. The van der Waals surface area contributed by atoms with Gasteiger partial charge >= 0.3 is 12.5 Å². The summed E-state index contributed by atoms with van der Waals surface area (Å²) in [5.41, 5.74) is -0.771. The first-order valence-electron chi connectivity index (χ1n) is 9.42. The van der Waals surface area contributed by atoms with Gasteiger partial charge in [0.15, 0.2) is 5.78 Å². The molecule has 2 fully saturated rings. The zero-order valence-corrected chi connectivity index (χ0v) is 16.5. The number of carbonyl (C=O) groups is 2. The highest BCUT2D eigenvalue weighted by Gasteiger charge is 2.45. The summed E-state index contributed by atoms with van der Waals surface area (Å²) in [6, 6.07) is 4.59. The van der Waals surface area contributed by atoms with Gasteiger partial charge in [-0.05, 0) is 45.7 Å². The van der Waals surface area contributed by atoms with Crippen LogP contribution in [0.25, 0.3) is 0 Å². The maximum Gasteiger partial charge on any atom is 0.573 e. The largest absolute Gasteiger partial charge is 0.573 e. The molecule has 1 aromatic rings. The third-order valence-corrected chi connectivity index (χ3v) is 4.87. The van der Waals surface area contributed by atoms with E-state index in [9.17, 15) is 22.8 Å². The normalized spacial score (nSPS) is 24.8. The average molecular weight is 415 g/mol. The molecule has 0 spiro atoms. The Balaban J connectivity index is 1.78. The first kappa shape index (κ1) is 21.4. The number of fused-ring (bicyclic) bond motifs is 2. The van der Waals surface area contributed by atoms with E-state index in [1.165, 1.54) is 18.2 Å². The molecule has 160 valence electrons. The third kappa shape index (κ3) is 5.20. The summed E-state index contributed by atoms with van der Waals surface area (Å²) in [6.07, 6.45) is -4.78. The molecule has 2 aliphatic rings. The number of alkyl halides is 3. The molecular weight excluding hydrogens is 391 g/mol. The number of benzene rings is 1. The maximum atomic E-state index is 13.0. The molecule has 1 aromatic carbocycles. The van der Waals surface area contributed by atoms with E-state index in [0.29, 0.717) is 0 Å². The summed E-state index contributed by atoms with van der Waals surface area (Å²) in [5.74, 6) is -1.47. The highest BCUT2D eigenvalue weighted by atomic mass is 19.4. The van der Waals surface area contributed by atoms with Gasteiger partial charge in [-0.2, -0.15) is 0 Å². The van der Waals surface area contributed by atoms with Gasteiger partial charge in [-0.1, -0.05) is 12.1 Å². The van der Waals surface area contributed by atoms with E-state index in [0.717, 1.165) is 6.07 Å². The minimum atomic E-state index is -4.89. The van der Waals surface area contributed by atoms with Crippen molar-refractivity contribution in [2.75, 3.05) is 13.2 Å². The number of morpholine rings is 1. The fourth-order valence-corrected chi connectivity index (χ4v) is 3.85. The van der Waals surface area contributed by atoms with Crippen molar-refractivity contribution in [3.05, 3.63) is 29.8 Å². The van der Waals surface area contributed by atoms with Crippen LogP contribution in [0.3, 0.4) is 0 Å². The van der Waals surface area contributed by atoms with Crippen LogP contribution in [0, 0.1) is 5.92 Å². The molecule has 0 aromatic heterocycles. The standard InChI is InChI=1S/C20H24F3NO5/c1-19(2,3)29-18(26)24-13-8-12(9-14(24)11-27-10-13)17(25)15-6-4-5-7-16(15)28-20(21,22)23/h4-7,12-14H,8-11H2,1-3H3. The molecule has 9 heteroatoms. The van der Waals surface area contributed by atoms with E-state index < -0.39 is 35.5 Å². The van der Waals surface area contributed by atoms with Gasteiger partial charge in [0.2, 0.25) is 0 Å². The Bertz CT molecular complexity index is 760. The van der Waals surface area contributed by atoms with Gasteiger partial charge in [0, 0.05) is 5.92 Å². The number of hydrogen-bond acceptors (Lipinski definition) is 5. The Kier molecular flexibility index (Phi) is 5.80. The Labute approximate surface area is 166 Å². The van der Waals surface area contributed by atoms with Crippen molar-refractivity contribution in [3.8, 4) is 5.75 Å². The first-order valence-corrected chi connectivity index (χ1v) is 9.42. The first-order chi connectivity index (χ1) is 13.4. The van der Waals surface area contributed by atoms with Crippen molar-refractivity contribution in [2.45, 2.75) is 57.7 Å². The van der Waals surface area contributed by atoms with Crippen molar-refractivity contribution in [1.29, 1.82) is 0 Å². The Morgan fingerprint density at radius 3 is 2.21 bits per heavy atom. The van der Waals surface area contributed by atoms with Gasteiger partial charge in [-0.3, -0.25) is 9.69 Å². The summed E-state index contributed by atoms with van der Waals surface area (Å²) in [5, 5.41) is 0. The monoisotopic (exact) mass is 415 g/mol. The summed E-state index contributed by atoms with van der Waals surface area (Å²) < 4.78 is 53.1. The Morgan fingerprint density at radius 1 is 1.07 bits per heavy atom. The molecule has 2 saturated heterocycles. The van der Waals surface area contributed by atoms with Crippen LogP contribution in [-0.2, 0) is 9.47 Å². The number of ketones is 1. The van der Waals surface area contributed by atoms with Gasteiger partial charge in [0.1, 0.15) is 11.4 Å². The summed E-state index contributed by atoms with van der Waals surface area (Å²) in [6.45, 7) is 5.81. The topological polar surface area (TPSA) is 65.1 Å². The number of hydrogen-bond donors (Lipinski definition) is 0. The lowest BCUT2D eigenvalue weighted by Gasteiger charge is -2.47. The number of para-hydroxylation sites is 1. The summed E-state index contributed by atoms with van der Waals surface area (Å²) in [4.78, 5) is 27.2. The van der Waals surface area contributed by atoms with Crippen LogP contribution in [0.4, 0.5) is 18.0 Å². The van der Waals surface area contributed by atoms with Crippen LogP contribution in [0.1, 0.15) is 44.0 Å². The van der Waals surface area contributed by atoms with Gasteiger partial charge in [-0.25, -0.2) is 4.79 Å². The summed E-state index contributed by atoms with van der Waals surface area (Å²) in [7, 11) is 0. The van der Waals surface area contributed by atoms with Crippen LogP contribution >= 0.6 is 0 Å². The molecule has 3 rings (SSSR count). The van der Waals surface area contributed by atoms with Crippen molar-refractivity contribution in [2.24, 2.45) is 5.92 Å². The molecule has 0 aliphatic carbocycles. The molecule has 0 radical (unpaired) electrons. The number of rotatable bonds is 3. The van der Waals surface area contributed by atoms with E-state index >= 15 is 0 Å². The lowest BCUT2D eigenvalue weighted by Crippen LogP contribution is -2.60. The van der Waals surface area contributed by atoms with Crippen LogP contribution in [0.5, 0.6) is 5.75 Å². The zero-order chi connectivity index (χ0) is 21.4. The van der Waals surface area contributed by atoms with Crippen LogP contribution in [0.15, 0.2) is 24.3 Å². The van der Waals surface area contributed by atoms with Crippen molar-refractivity contribution in [1.82, 2.24) is 4.90 Å². The third-order valence-electron chi connectivity index (χ3n) is 4.87. The molecular formula is C20H24F3NO5. The molecule has 2 bridgehead atoms. The second-order valence-corrected chi connectivity index (χ2v) is 8.31. The predicted octanol–water partition coefficient (Wildman–Crippen LogP) is 4.18. The van der Waals surface area contributed by atoms with E-state index in [1.807, 2.05) is 0 Å². The summed E-state index contributed by atoms with van der Waals surface area (Å²) >= 11 is 0. The average Bonchev–Trinajstić information content (AvgIpc) is 2.57. The number of halogens is 3. The zero-order valence-electron chi connectivity index (χ0n) is 16.5. The lowest BCUT2D eigenvalue weighted by molar-refractivity contribution is -0.274. The molecule has 2 unspecified atom stereocenters. The lowest BCUT2D eigenvalue weighted by atomic mass is 9.80. The van der Waals surface area contributed by atoms with E-state index in [2.05, 4.69) is 4.74 Å². The predicted molar refractivity (Wildman–Crippen MR) is 96.6 cm³/mol. The number of carbonyl (C=O) groups excluding carboxylic acids is 2. The van der Waals surface area contributed by atoms with Crippen molar-refractivity contribution in [3.63, 3.8) is 0 Å². The Morgan fingerprint density at radius 2 is 1.66 bits per heavy atom. The highest BCUT2D eigenvalue weighted by Crippen LogP contribution is 2.36. The maximum absolute atomic E-state index is 13.0. The number of ether oxygens (including phenoxy) is 3. The van der Waals surface area contributed by atoms with E-state index in [1.54, 1.807) is 25.7 Å². The minimum absolute atomic E-state index is 0.112. The van der Waals surface area contributed by atoms with Crippen LogP contribution < -0.4 is 4.74 Å². The molecule has 1 amide bonds. The smallest absolute Gasteiger partial charge is 0.444 e. The van der Waals surface area contributed by atoms with Gasteiger partial charge in [0.05, 0.1) is 30.9 Å². The molecule has 2 atom stereocenters. The van der Waals surface area contributed by atoms with Gasteiger partial charge in [0.25, 0.3) is 0 Å².